The third kappa shape index (κ3) is 1.85. The smallest absolute Gasteiger partial charge is 0.267 e. The molecule has 0 unspecified atom stereocenters. The largest absolute Gasteiger partial charge is 0.280 e. The third-order valence-corrected chi connectivity index (χ3v) is 3.04. The van der Waals surface area contributed by atoms with Gasteiger partial charge in [0.2, 0.25) is 0 Å². The normalized spacial score (nSPS) is 10.9. The zero-order chi connectivity index (χ0) is 14.3. The molecule has 0 aliphatic rings. The van der Waals surface area contributed by atoms with Crippen LogP contribution in [0.4, 0.5) is 8.78 Å². The molecule has 20 heavy (non-hydrogen) atoms. The number of aromatic nitrogens is 3. The lowest BCUT2D eigenvalue weighted by atomic mass is 10.1. The molecule has 0 saturated carbocycles. The summed E-state index contributed by atoms with van der Waals surface area (Å²) in [6.07, 6.45) is 0. The molecule has 0 fully saturated rings. The van der Waals surface area contributed by atoms with Gasteiger partial charge in [0.05, 0.1) is 5.52 Å². The zero-order valence-corrected chi connectivity index (χ0v) is 10.5. The van der Waals surface area contributed by atoms with Crippen LogP contribution in [0.15, 0.2) is 36.4 Å². The Labute approximate surface area is 112 Å². The van der Waals surface area contributed by atoms with Crippen molar-refractivity contribution in [1.82, 2.24) is 15.0 Å². The fraction of sp³-hybridized carbons (Fsp3) is 0.0714. The third-order valence-electron chi connectivity index (χ3n) is 3.04. The summed E-state index contributed by atoms with van der Waals surface area (Å²) < 4.78 is 27.5. The fourth-order valence-electron chi connectivity index (χ4n) is 2.01. The van der Waals surface area contributed by atoms with Crippen molar-refractivity contribution >= 4 is 16.9 Å². The number of carbonyl (C=O) groups is 1. The van der Waals surface area contributed by atoms with E-state index in [1.807, 2.05) is 0 Å². The van der Waals surface area contributed by atoms with Crippen molar-refractivity contribution in [2.24, 2.45) is 0 Å². The van der Waals surface area contributed by atoms with Gasteiger partial charge in [-0.05, 0) is 36.8 Å². The summed E-state index contributed by atoms with van der Waals surface area (Å²) in [5.74, 6) is -2.60. The van der Waals surface area contributed by atoms with Crippen molar-refractivity contribution in [1.29, 1.82) is 0 Å². The Morgan fingerprint density at radius 2 is 1.85 bits per heavy atom. The minimum atomic E-state index is -1.07. The fourth-order valence-corrected chi connectivity index (χ4v) is 2.01. The summed E-state index contributed by atoms with van der Waals surface area (Å²) in [6.45, 7) is 1.54. The van der Waals surface area contributed by atoms with Gasteiger partial charge in [0.15, 0.2) is 11.6 Å². The van der Waals surface area contributed by atoms with Gasteiger partial charge in [-0.2, -0.15) is 4.68 Å². The standard InChI is InChI=1S/C14H9F2N3O/c1-8-6-10(15)11(16)7-9(8)14(20)19-13-5-3-2-4-12(13)17-18-19/h2-7H,1H3. The molecule has 4 nitrogen and oxygen atoms in total. The van der Waals surface area contributed by atoms with Crippen LogP contribution in [0.3, 0.4) is 0 Å². The molecular weight excluding hydrogens is 264 g/mol. The highest BCUT2D eigenvalue weighted by molar-refractivity contribution is 6.01. The molecule has 0 N–H and O–H groups in total. The second-order valence-electron chi connectivity index (χ2n) is 4.38. The number of carbonyl (C=O) groups excluding carboxylic acids is 1. The summed E-state index contributed by atoms with van der Waals surface area (Å²) in [6, 6.07) is 8.78. The molecule has 3 rings (SSSR count). The zero-order valence-electron chi connectivity index (χ0n) is 10.5. The molecule has 0 spiro atoms. The van der Waals surface area contributed by atoms with Crippen LogP contribution in [0.1, 0.15) is 15.9 Å². The topological polar surface area (TPSA) is 47.8 Å². The molecule has 2 aromatic carbocycles. The Kier molecular flexibility index (Phi) is 2.78. The molecular formula is C14H9F2N3O. The van der Waals surface area contributed by atoms with E-state index in [2.05, 4.69) is 10.3 Å². The van der Waals surface area contributed by atoms with Crippen molar-refractivity contribution < 1.29 is 13.6 Å². The lowest BCUT2D eigenvalue weighted by Crippen LogP contribution is -2.15. The van der Waals surface area contributed by atoms with E-state index >= 15 is 0 Å². The van der Waals surface area contributed by atoms with Crippen LogP contribution in [-0.4, -0.2) is 20.9 Å². The Morgan fingerprint density at radius 1 is 1.15 bits per heavy atom. The van der Waals surface area contributed by atoms with Gasteiger partial charge < -0.3 is 0 Å². The second-order valence-corrected chi connectivity index (χ2v) is 4.38. The monoisotopic (exact) mass is 273 g/mol. The lowest BCUT2D eigenvalue weighted by molar-refractivity contribution is 0.0947. The van der Waals surface area contributed by atoms with Gasteiger partial charge in [0.25, 0.3) is 5.91 Å². The van der Waals surface area contributed by atoms with Crippen LogP contribution < -0.4 is 0 Å². The van der Waals surface area contributed by atoms with E-state index in [0.29, 0.717) is 16.6 Å². The summed E-state index contributed by atoms with van der Waals surface area (Å²) in [4.78, 5) is 12.4. The van der Waals surface area contributed by atoms with Crippen LogP contribution in [0, 0.1) is 18.6 Å². The maximum Gasteiger partial charge on any atom is 0.280 e. The van der Waals surface area contributed by atoms with Gasteiger partial charge in [0, 0.05) is 5.56 Å². The minimum Gasteiger partial charge on any atom is -0.267 e. The number of rotatable bonds is 1. The molecule has 100 valence electrons. The number of hydrogen-bond donors (Lipinski definition) is 0. The highest BCUT2D eigenvalue weighted by Gasteiger charge is 2.18. The summed E-state index contributed by atoms with van der Waals surface area (Å²) in [5, 5.41) is 7.62. The molecule has 0 atom stereocenters. The van der Waals surface area contributed by atoms with Crippen LogP contribution in [-0.2, 0) is 0 Å². The molecule has 0 saturated heterocycles. The summed E-state index contributed by atoms with van der Waals surface area (Å²) in [7, 11) is 0. The number of para-hydroxylation sites is 1. The number of aryl methyl sites for hydroxylation is 1. The maximum atomic E-state index is 13.3. The predicted octanol–water partition coefficient (Wildman–Crippen LogP) is 2.71. The average molecular weight is 273 g/mol. The molecule has 0 aliphatic carbocycles. The van der Waals surface area contributed by atoms with E-state index in [0.717, 1.165) is 16.8 Å². The Hall–Kier alpha value is -2.63. The van der Waals surface area contributed by atoms with E-state index in [4.69, 9.17) is 0 Å². The first-order chi connectivity index (χ1) is 9.58. The van der Waals surface area contributed by atoms with Gasteiger partial charge in [-0.25, -0.2) is 8.78 Å². The molecule has 6 heteroatoms. The first kappa shape index (κ1) is 12.4. The first-order valence-corrected chi connectivity index (χ1v) is 5.88. The number of fused-ring (bicyclic) bond motifs is 1. The highest BCUT2D eigenvalue weighted by Crippen LogP contribution is 2.17. The Morgan fingerprint density at radius 3 is 2.65 bits per heavy atom. The molecule has 1 heterocycles. The van der Waals surface area contributed by atoms with Crippen LogP contribution in [0.5, 0.6) is 0 Å². The minimum absolute atomic E-state index is 0.0551. The molecule has 0 amide bonds. The van der Waals surface area contributed by atoms with Gasteiger partial charge in [-0.15, -0.1) is 5.10 Å². The summed E-state index contributed by atoms with van der Waals surface area (Å²) in [5.41, 5.74) is 1.47. The number of halogens is 2. The van der Waals surface area contributed by atoms with E-state index < -0.39 is 17.5 Å². The van der Waals surface area contributed by atoms with Crippen molar-refractivity contribution in [3.8, 4) is 0 Å². The Balaban J connectivity index is 2.16. The second kappa shape index (κ2) is 4.48. The molecule has 0 bridgehead atoms. The first-order valence-electron chi connectivity index (χ1n) is 5.88. The van der Waals surface area contributed by atoms with Gasteiger partial charge in [0.1, 0.15) is 5.52 Å². The van der Waals surface area contributed by atoms with Crippen molar-refractivity contribution in [2.75, 3.05) is 0 Å². The number of benzene rings is 2. The van der Waals surface area contributed by atoms with Gasteiger partial charge >= 0.3 is 0 Å². The van der Waals surface area contributed by atoms with E-state index in [1.165, 1.54) is 6.92 Å². The molecule has 0 aliphatic heterocycles. The predicted molar refractivity (Wildman–Crippen MR) is 68.4 cm³/mol. The van der Waals surface area contributed by atoms with Crippen LogP contribution >= 0.6 is 0 Å². The average Bonchev–Trinajstić information content (AvgIpc) is 2.86. The number of hydrogen-bond acceptors (Lipinski definition) is 3. The van der Waals surface area contributed by atoms with E-state index in [-0.39, 0.29) is 5.56 Å². The van der Waals surface area contributed by atoms with Crippen LogP contribution in [0.25, 0.3) is 11.0 Å². The number of nitrogens with zero attached hydrogens (tertiary/aromatic N) is 3. The van der Waals surface area contributed by atoms with Crippen molar-refractivity contribution in [3.63, 3.8) is 0 Å². The van der Waals surface area contributed by atoms with Gasteiger partial charge in [-0.1, -0.05) is 17.3 Å². The SMILES string of the molecule is Cc1cc(F)c(F)cc1C(=O)n1nnc2ccccc21. The maximum absolute atomic E-state index is 13.3. The van der Waals surface area contributed by atoms with Crippen molar-refractivity contribution in [3.05, 3.63) is 59.2 Å². The van der Waals surface area contributed by atoms with Gasteiger partial charge in [-0.3, -0.25) is 4.79 Å². The van der Waals surface area contributed by atoms with Crippen LogP contribution in [0.2, 0.25) is 0 Å². The quantitative estimate of drug-likeness (QED) is 0.685. The highest BCUT2D eigenvalue weighted by atomic mass is 19.2. The van der Waals surface area contributed by atoms with Crippen molar-refractivity contribution in [2.45, 2.75) is 6.92 Å². The molecule has 3 aromatic rings. The van der Waals surface area contributed by atoms with E-state index in [9.17, 15) is 13.6 Å². The Bertz CT molecular complexity index is 826. The molecule has 1 aromatic heterocycles. The molecule has 0 radical (unpaired) electrons. The van der Waals surface area contributed by atoms with E-state index in [1.54, 1.807) is 24.3 Å². The lowest BCUT2D eigenvalue weighted by Gasteiger charge is -2.06. The summed E-state index contributed by atoms with van der Waals surface area (Å²) >= 11 is 0.